The van der Waals surface area contributed by atoms with Crippen LogP contribution in [-0.4, -0.2) is 6.04 Å². The van der Waals surface area contributed by atoms with Crippen molar-refractivity contribution in [2.24, 2.45) is 11.7 Å². The first-order valence-electron chi connectivity index (χ1n) is 3.58. The van der Waals surface area contributed by atoms with E-state index in [1.807, 2.05) is 0 Å². The largest absolute Gasteiger partial charge is 0.328 e. The lowest BCUT2D eigenvalue weighted by molar-refractivity contribution is 0.555. The van der Waals surface area contributed by atoms with Gasteiger partial charge in [0.1, 0.15) is 0 Å². The fourth-order valence-electron chi connectivity index (χ4n) is 0.948. The molecule has 8 heavy (non-hydrogen) atoms. The molecule has 1 aliphatic rings. The van der Waals surface area contributed by atoms with Crippen molar-refractivity contribution in [2.45, 2.75) is 38.6 Å². The standard InChI is InChI=1S/C7H15N/c1-2-7(8)5-6-3-4-6/h6-7H,2-5,8H2,1H3/t7-/m1/s1. The van der Waals surface area contributed by atoms with Crippen LogP contribution in [0.2, 0.25) is 0 Å². The molecule has 0 radical (unpaired) electrons. The second-order valence-electron chi connectivity index (χ2n) is 2.85. The third-order valence-corrected chi connectivity index (χ3v) is 1.86. The maximum absolute atomic E-state index is 5.71. The molecule has 1 nitrogen and oxygen atoms in total. The van der Waals surface area contributed by atoms with Gasteiger partial charge in [-0.3, -0.25) is 0 Å². The van der Waals surface area contributed by atoms with Gasteiger partial charge in [-0.05, 0) is 18.8 Å². The van der Waals surface area contributed by atoms with Gasteiger partial charge in [-0.25, -0.2) is 0 Å². The summed E-state index contributed by atoms with van der Waals surface area (Å²) in [5.74, 6) is 1.00. The van der Waals surface area contributed by atoms with E-state index in [0.717, 1.165) is 12.3 Å². The molecule has 1 fully saturated rings. The molecule has 1 rings (SSSR count). The molecule has 0 amide bonds. The number of nitrogens with two attached hydrogens (primary N) is 1. The first kappa shape index (κ1) is 6.09. The first-order chi connectivity index (χ1) is 3.83. The molecular weight excluding hydrogens is 98.1 g/mol. The van der Waals surface area contributed by atoms with Crippen LogP contribution < -0.4 is 5.73 Å². The van der Waals surface area contributed by atoms with Crippen molar-refractivity contribution in [3.63, 3.8) is 0 Å². The Morgan fingerprint density at radius 2 is 2.25 bits per heavy atom. The summed E-state index contributed by atoms with van der Waals surface area (Å²) in [6.45, 7) is 2.16. The van der Waals surface area contributed by atoms with E-state index in [2.05, 4.69) is 6.92 Å². The third-order valence-electron chi connectivity index (χ3n) is 1.86. The van der Waals surface area contributed by atoms with E-state index < -0.39 is 0 Å². The third kappa shape index (κ3) is 1.83. The molecule has 1 aliphatic carbocycles. The summed E-state index contributed by atoms with van der Waals surface area (Å²) in [6.07, 6.45) is 5.30. The molecule has 0 spiro atoms. The predicted molar refractivity (Wildman–Crippen MR) is 35.6 cm³/mol. The van der Waals surface area contributed by atoms with E-state index in [9.17, 15) is 0 Å². The van der Waals surface area contributed by atoms with Crippen LogP contribution in [0.4, 0.5) is 0 Å². The highest BCUT2D eigenvalue weighted by Gasteiger charge is 2.22. The van der Waals surface area contributed by atoms with E-state index in [-0.39, 0.29) is 0 Å². The van der Waals surface area contributed by atoms with E-state index >= 15 is 0 Å². The first-order valence-corrected chi connectivity index (χ1v) is 3.58. The Labute approximate surface area is 51.3 Å². The fourth-order valence-corrected chi connectivity index (χ4v) is 0.948. The summed E-state index contributed by atoms with van der Waals surface area (Å²) in [4.78, 5) is 0. The van der Waals surface area contributed by atoms with Crippen LogP contribution >= 0.6 is 0 Å². The average molecular weight is 113 g/mol. The minimum atomic E-state index is 0.488. The topological polar surface area (TPSA) is 26.0 Å². The van der Waals surface area contributed by atoms with Gasteiger partial charge in [0.25, 0.3) is 0 Å². The maximum atomic E-state index is 5.71. The highest BCUT2D eigenvalue weighted by Crippen LogP contribution is 2.33. The molecule has 2 N–H and O–H groups in total. The Hall–Kier alpha value is -0.0400. The fraction of sp³-hybridized carbons (Fsp3) is 1.00. The van der Waals surface area contributed by atoms with Crippen molar-refractivity contribution in [1.29, 1.82) is 0 Å². The molecule has 48 valence electrons. The van der Waals surface area contributed by atoms with Crippen molar-refractivity contribution in [2.75, 3.05) is 0 Å². The lowest BCUT2D eigenvalue weighted by Gasteiger charge is -2.04. The Morgan fingerprint density at radius 3 is 2.62 bits per heavy atom. The summed E-state index contributed by atoms with van der Waals surface area (Å²) >= 11 is 0. The lowest BCUT2D eigenvalue weighted by Crippen LogP contribution is -2.18. The van der Waals surface area contributed by atoms with Crippen molar-refractivity contribution in [1.82, 2.24) is 0 Å². The highest BCUT2D eigenvalue weighted by atomic mass is 14.6. The summed E-state index contributed by atoms with van der Waals surface area (Å²) < 4.78 is 0. The molecule has 1 saturated carbocycles. The van der Waals surface area contributed by atoms with Gasteiger partial charge in [0.15, 0.2) is 0 Å². The van der Waals surface area contributed by atoms with Gasteiger partial charge < -0.3 is 5.73 Å². The summed E-state index contributed by atoms with van der Waals surface area (Å²) in [5.41, 5.74) is 5.71. The van der Waals surface area contributed by atoms with Crippen LogP contribution in [0.25, 0.3) is 0 Å². The molecule has 0 aromatic carbocycles. The second-order valence-corrected chi connectivity index (χ2v) is 2.85. The quantitative estimate of drug-likeness (QED) is 0.590. The van der Waals surface area contributed by atoms with Crippen molar-refractivity contribution >= 4 is 0 Å². The van der Waals surface area contributed by atoms with Gasteiger partial charge >= 0.3 is 0 Å². The number of hydrogen-bond acceptors (Lipinski definition) is 1. The highest BCUT2D eigenvalue weighted by molar-refractivity contribution is 4.77. The van der Waals surface area contributed by atoms with Gasteiger partial charge in [-0.2, -0.15) is 0 Å². The van der Waals surface area contributed by atoms with Crippen LogP contribution in [0.5, 0.6) is 0 Å². The molecule has 0 aromatic heterocycles. The van der Waals surface area contributed by atoms with Crippen molar-refractivity contribution in [3.05, 3.63) is 0 Å². The zero-order valence-electron chi connectivity index (χ0n) is 5.56. The normalized spacial score (nSPS) is 23.2. The average Bonchev–Trinajstić information content (AvgIpc) is 2.50. The smallest absolute Gasteiger partial charge is 0.00388 e. The van der Waals surface area contributed by atoms with E-state index in [4.69, 9.17) is 5.73 Å². The lowest BCUT2D eigenvalue weighted by atomic mass is 10.1. The van der Waals surface area contributed by atoms with Crippen LogP contribution in [0, 0.1) is 5.92 Å². The van der Waals surface area contributed by atoms with Gasteiger partial charge in [-0.1, -0.05) is 19.8 Å². The molecule has 1 heteroatoms. The van der Waals surface area contributed by atoms with E-state index in [1.165, 1.54) is 19.3 Å². The van der Waals surface area contributed by atoms with E-state index in [0.29, 0.717) is 6.04 Å². The summed E-state index contributed by atoms with van der Waals surface area (Å²) in [6, 6.07) is 0.488. The minimum absolute atomic E-state index is 0.488. The molecule has 0 aromatic rings. The maximum Gasteiger partial charge on any atom is 0.00388 e. The summed E-state index contributed by atoms with van der Waals surface area (Å²) in [7, 11) is 0. The van der Waals surface area contributed by atoms with Crippen molar-refractivity contribution in [3.8, 4) is 0 Å². The van der Waals surface area contributed by atoms with Crippen LogP contribution in [0.15, 0.2) is 0 Å². The minimum Gasteiger partial charge on any atom is -0.328 e. The van der Waals surface area contributed by atoms with Gasteiger partial charge in [-0.15, -0.1) is 0 Å². The van der Waals surface area contributed by atoms with Crippen molar-refractivity contribution < 1.29 is 0 Å². The van der Waals surface area contributed by atoms with Gasteiger partial charge in [0, 0.05) is 6.04 Å². The molecule has 0 heterocycles. The van der Waals surface area contributed by atoms with Crippen LogP contribution in [-0.2, 0) is 0 Å². The Morgan fingerprint density at radius 1 is 1.62 bits per heavy atom. The number of hydrogen-bond donors (Lipinski definition) is 1. The SMILES string of the molecule is CC[C@@H](N)CC1CC1. The van der Waals surface area contributed by atoms with Gasteiger partial charge in [0.05, 0.1) is 0 Å². The molecule has 0 saturated heterocycles. The van der Waals surface area contributed by atoms with Crippen LogP contribution in [0.3, 0.4) is 0 Å². The zero-order chi connectivity index (χ0) is 5.98. The Balaban J connectivity index is 1.98. The molecule has 0 unspecified atom stereocenters. The van der Waals surface area contributed by atoms with E-state index in [1.54, 1.807) is 0 Å². The predicted octanol–water partition coefficient (Wildman–Crippen LogP) is 1.52. The molecular formula is C7H15N. The van der Waals surface area contributed by atoms with Crippen LogP contribution in [0.1, 0.15) is 32.6 Å². The Kier molecular flexibility index (Phi) is 1.90. The number of rotatable bonds is 3. The summed E-state index contributed by atoms with van der Waals surface area (Å²) in [5, 5.41) is 0. The molecule has 0 bridgehead atoms. The molecule has 1 atom stereocenters. The van der Waals surface area contributed by atoms with Gasteiger partial charge in [0.2, 0.25) is 0 Å². The molecule has 0 aliphatic heterocycles. The second kappa shape index (κ2) is 2.49. The zero-order valence-corrected chi connectivity index (χ0v) is 5.56. The Bertz CT molecular complexity index is 66.8. The monoisotopic (exact) mass is 113 g/mol.